The van der Waals surface area contributed by atoms with E-state index in [0.717, 1.165) is 38.8 Å². The first-order valence-corrected chi connectivity index (χ1v) is 8.36. The Bertz CT molecular complexity index is 515. The number of rotatable bonds is 3. The fraction of sp³-hybridized carbons (Fsp3) is 0.611. The van der Waals surface area contributed by atoms with Crippen LogP contribution in [-0.2, 0) is 11.2 Å². The third-order valence-corrected chi connectivity index (χ3v) is 5.58. The zero-order chi connectivity index (χ0) is 14.3. The molecule has 22 heavy (non-hydrogen) atoms. The summed E-state index contributed by atoms with van der Waals surface area (Å²) in [4.78, 5) is 15.5. The fourth-order valence-corrected chi connectivity index (χ4v) is 4.19. The molecule has 2 aliphatic heterocycles. The molecule has 0 aromatic heterocycles. The lowest BCUT2D eigenvalue weighted by atomic mass is 9.94. The summed E-state index contributed by atoms with van der Waals surface area (Å²) in [6.07, 6.45) is 6.60. The second-order valence-electron chi connectivity index (χ2n) is 7.03. The summed E-state index contributed by atoms with van der Waals surface area (Å²) in [5.74, 6) is 0.447. The van der Waals surface area contributed by atoms with E-state index in [4.69, 9.17) is 0 Å². The number of nitrogens with one attached hydrogen (secondary N) is 1. The van der Waals surface area contributed by atoms with Crippen molar-refractivity contribution in [3.63, 3.8) is 0 Å². The van der Waals surface area contributed by atoms with Gasteiger partial charge in [-0.3, -0.25) is 4.79 Å². The molecule has 0 radical (unpaired) electrons. The molecule has 2 bridgehead atoms. The molecule has 3 nitrogen and oxygen atoms in total. The number of benzene rings is 1. The Balaban J connectivity index is 0.00000144. The normalized spacial score (nSPS) is 28.6. The Morgan fingerprint density at radius 2 is 1.86 bits per heavy atom. The molecule has 1 N–H and O–H groups in total. The van der Waals surface area contributed by atoms with Crippen LogP contribution >= 0.6 is 12.4 Å². The van der Waals surface area contributed by atoms with Crippen molar-refractivity contribution >= 4 is 18.3 Å². The van der Waals surface area contributed by atoms with Crippen LogP contribution in [0.2, 0.25) is 0 Å². The number of fused-ring (bicyclic) bond motifs is 2. The minimum Gasteiger partial charge on any atom is -0.335 e. The lowest BCUT2D eigenvalue weighted by molar-refractivity contribution is -0.139. The van der Waals surface area contributed by atoms with Gasteiger partial charge in [0.2, 0.25) is 5.91 Å². The van der Waals surface area contributed by atoms with Gasteiger partial charge in [-0.25, -0.2) is 0 Å². The van der Waals surface area contributed by atoms with Crippen molar-refractivity contribution in [1.29, 1.82) is 0 Å². The summed E-state index contributed by atoms with van der Waals surface area (Å²) in [7, 11) is 0. The standard InChI is InChI=1S/C18H24N2O.ClH/c21-17(20-15-6-7-16(20)13-19-11-8-15)18(9-10-18)12-14-4-2-1-3-5-14;/h1-5,15-16,19H,6-13H2;1H. The molecule has 3 fully saturated rings. The van der Waals surface area contributed by atoms with Gasteiger partial charge in [0, 0.05) is 18.6 Å². The van der Waals surface area contributed by atoms with Crippen LogP contribution in [0.4, 0.5) is 0 Å². The molecule has 0 spiro atoms. The average Bonchev–Trinajstić information content (AvgIpc) is 3.19. The van der Waals surface area contributed by atoms with Crippen molar-refractivity contribution in [3.05, 3.63) is 35.9 Å². The van der Waals surface area contributed by atoms with Gasteiger partial charge in [0.15, 0.2) is 0 Å². The van der Waals surface area contributed by atoms with E-state index in [1.54, 1.807) is 0 Å². The molecule has 120 valence electrons. The molecule has 3 aliphatic rings. The summed E-state index contributed by atoms with van der Waals surface area (Å²) in [5, 5.41) is 3.49. The third kappa shape index (κ3) is 2.77. The van der Waals surface area contributed by atoms with E-state index in [9.17, 15) is 4.79 Å². The zero-order valence-corrected chi connectivity index (χ0v) is 13.8. The van der Waals surface area contributed by atoms with Crippen LogP contribution < -0.4 is 5.32 Å². The number of hydrogen-bond donors (Lipinski definition) is 1. The van der Waals surface area contributed by atoms with Crippen LogP contribution in [0.1, 0.15) is 37.7 Å². The molecule has 2 atom stereocenters. The van der Waals surface area contributed by atoms with Gasteiger partial charge in [-0.15, -0.1) is 12.4 Å². The molecule has 1 aliphatic carbocycles. The Morgan fingerprint density at radius 3 is 2.59 bits per heavy atom. The van der Waals surface area contributed by atoms with Crippen LogP contribution in [0.15, 0.2) is 30.3 Å². The molecule has 2 unspecified atom stereocenters. The Hall–Kier alpha value is -1.06. The Kier molecular flexibility index (Phi) is 4.47. The van der Waals surface area contributed by atoms with Gasteiger partial charge in [0.1, 0.15) is 0 Å². The zero-order valence-electron chi connectivity index (χ0n) is 13.0. The van der Waals surface area contributed by atoms with E-state index in [1.807, 2.05) is 6.07 Å². The van der Waals surface area contributed by atoms with Gasteiger partial charge in [0.25, 0.3) is 0 Å². The van der Waals surface area contributed by atoms with E-state index in [-0.39, 0.29) is 17.8 Å². The van der Waals surface area contributed by atoms with Crippen LogP contribution in [0.5, 0.6) is 0 Å². The maximum atomic E-state index is 13.2. The second-order valence-corrected chi connectivity index (χ2v) is 7.03. The summed E-state index contributed by atoms with van der Waals surface area (Å²) < 4.78 is 0. The van der Waals surface area contributed by atoms with E-state index >= 15 is 0 Å². The molecule has 2 saturated heterocycles. The van der Waals surface area contributed by atoms with E-state index < -0.39 is 0 Å². The van der Waals surface area contributed by atoms with E-state index in [2.05, 4.69) is 34.5 Å². The predicted octanol–water partition coefficient (Wildman–Crippen LogP) is 2.78. The molecule has 2 heterocycles. The smallest absolute Gasteiger partial charge is 0.229 e. The molecule has 1 aromatic rings. The quantitative estimate of drug-likeness (QED) is 0.929. The lowest BCUT2D eigenvalue weighted by Crippen LogP contribution is -2.46. The van der Waals surface area contributed by atoms with Crippen LogP contribution in [0, 0.1) is 5.41 Å². The van der Waals surface area contributed by atoms with Crippen molar-refractivity contribution in [2.75, 3.05) is 13.1 Å². The number of nitrogens with zero attached hydrogens (tertiary/aromatic N) is 1. The van der Waals surface area contributed by atoms with Gasteiger partial charge >= 0.3 is 0 Å². The first-order chi connectivity index (χ1) is 10.3. The molecule has 1 amide bonds. The number of carbonyl (C=O) groups excluding carboxylic acids is 1. The van der Waals surface area contributed by atoms with E-state index in [1.165, 1.54) is 18.4 Å². The molecule has 4 heteroatoms. The number of carbonyl (C=O) groups is 1. The topological polar surface area (TPSA) is 32.3 Å². The molecular weight excluding hydrogens is 296 g/mol. The summed E-state index contributed by atoms with van der Waals surface area (Å²) >= 11 is 0. The van der Waals surface area contributed by atoms with Crippen molar-refractivity contribution in [2.24, 2.45) is 5.41 Å². The van der Waals surface area contributed by atoms with Gasteiger partial charge in [-0.05, 0) is 50.6 Å². The second kappa shape index (κ2) is 6.21. The number of amides is 1. The largest absolute Gasteiger partial charge is 0.335 e. The monoisotopic (exact) mass is 320 g/mol. The Morgan fingerprint density at radius 1 is 1.14 bits per heavy atom. The molecule has 4 rings (SSSR count). The van der Waals surface area contributed by atoms with Crippen LogP contribution in [0.25, 0.3) is 0 Å². The van der Waals surface area contributed by atoms with Crippen molar-refractivity contribution in [3.8, 4) is 0 Å². The molecular formula is C18H25ClN2O. The molecule has 1 saturated carbocycles. The molecule has 1 aromatic carbocycles. The van der Waals surface area contributed by atoms with Gasteiger partial charge < -0.3 is 10.2 Å². The maximum Gasteiger partial charge on any atom is 0.229 e. The third-order valence-electron chi connectivity index (χ3n) is 5.58. The summed E-state index contributed by atoms with van der Waals surface area (Å²) in [6, 6.07) is 11.5. The van der Waals surface area contributed by atoms with Crippen molar-refractivity contribution in [2.45, 2.75) is 50.6 Å². The highest BCUT2D eigenvalue weighted by Gasteiger charge is 2.54. The van der Waals surface area contributed by atoms with Gasteiger partial charge in [-0.1, -0.05) is 30.3 Å². The van der Waals surface area contributed by atoms with Crippen molar-refractivity contribution in [1.82, 2.24) is 10.2 Å². The summed E-state index contributed by atoms with van der Waals surface area (Å²) in [5.41, 5.74) is 1.23. The minimum absolute atomic E-state index is 0. The van der Waals surface area contributed by atoms with E-state index in [0.29, 0.717) is 18.0 Å². The highest BCUT2D eigenvalue weighted by molar-refractivity contribution is 5.86. The summed E-state index contributed by atoms with van der Waals surface area (Å²) in [6.45, 7) is 2.06. The lowest BCUT2D eigenvalue weighted by Gasteiger charge is -2.32. The first-order valence-electron chi connectivity index (χ1n) is 8.36. The first kappa shape index (κ1) is 15.8. The Labute approximate surface area is 138 Å². The number of halogens is 1. The van der Waals surface area contributed by atoms with Crippen LogP contribution in [-0.4, -0.2) is 36.0 Å². The van der Waals surface area contributed by atoms with Gasteiger partial charge in [-0.2, -0.15) is 0 Å². The van der Waals surface area contributed by atoms with Crippen molar-refractivity contribution < 1.29 is 4.79 Å². The minimum atomic E-state index is -0.0769. The average molecular weight is 321 g/mol. The maximum absolute atomic E-state index is 13.2. The van der Waals surface area contributed by atoms with Crippen LogP contribution in [0.3, 0.4) is 0 Å². The predicted molar refractivity (Wildman–Crippen MR) is 90.2 cm³/mol. The SMILES string of the molecule is Cl.O=C(N1C2CCNCC1CC2)C1(Cc2ccccc2)CC1. The number of hydrogen-bond acceptors (Lipinski definition) is 2. The fourth-order valence-electron chi connectivity index (χ4n) is 4.19. The highest BCUT2D eigenvalue weighted by atomic mass is 35.5. The van der Waals surface area contributed by atoms with Gasteiger partial charge in [0.05, 0.1) is 5.41 Å². The highest BCUT2D eigenvalue weighted by Crippen LogP contribution is 2.51.